The van der Waals surface area contributed by atoms with E-state index in [-0.39, 0.29) is 36.6 Å². The third-order valence-electron chi connectivity index (χ3n) is 6.04. The monoisotopic (exact) mass is 424 g/mol. The normalized spacial score (nSPS) is 18.5. The number of hydrogen-bond donors (Lipinski definition) is 1. The Balaban J connectivity index is 1.55. The number of rotatable bonds is 5. The van der Waals surface area contributed by atoms with E-state index >= 15 is 0 Å². The van der Waals surface area contributed by atoms with Gasteiger partial charge in [0, 0.05) is 26.6 Å². The Morgan fingerprint density at radius 3 is 2.74 bits per heavy atom. The first-order valence-corrected chi connectivity index (χ1v) is 10.8. The van der Waals surface area contributed by atoms with E-state index in [1.807, 2.05) is 35.2 Å². The van der Waals surface area contributed by atoms with Crippen molar-refractivity contribution in [2.75, 3.05) is 26.8 Å². The lowest BCUT2D eigenvalue weighted by molar-refractivity contribution is -0.136. The van der Waals surface area contributed by atoms with Crippen molar-refractivity contribution in [3.8, 4) is 0 Å². The number of fused-ring (bicyclic) bond motifs is 1. The SMILES string of the molecule is COCC(=O)N1CCc2nc(C3CCCCN3C(=O)Cc3ccccc3)[nH]c(=O)c2C1. The highest BCUT2D eigenvalue weighted by atomic mass is 16.5. The zero-order valence-electron chi connectivity index (χ0n) is 17.8. The molecule has 2 aromatic rings. The summed E-state index contributed by atoms with van der Waals surface area (Å²) in [7, 11) is 1.48. The van der Waals surface area contributed by atoms with Gasteiger partial charge in [-0.2, -0.15) is 0 Å². The Morgan fingerprint density at radius 1 is 1.16 bits per heavy atom. The summed E-state index contributed by atoms with van der Waals surface area (Å²) in [6.45, 7) is 1.41. The number of hydrogen-bond acceptors (Lipinski definition) is 5. The van der Waals surface area contributed by atoms with Crippen molar-refractivity contribution in [1.29, 1.82) is 0 Å². The zero-order valence-corrected chi connectivity index (χ0v) is 17.8. The molecular formula is C23H28N4O4. The summed E-state index contributed by atoms with van der Waals surface area (Å²) in [5.41, 5.74) is 2.00. The number of nitrogens with one attached hydrogen (secondary N) is 1. The molecule has 1 aromatic heterocycles. The van der Waals surface area contributed by atoms with E-state index in [4.69, 9.17) is 9.72 Å². The maximum absolute atomic E-state index is 13.1. The molecule has 3 heterocycles. The fourth-order valence-electron chi connectivity index (χ4n) is 4.42. The summed E-state index contributed by atoms with van der Waals surface area (Å²) >= 11 is 0. The summed E-state index contributed by atoms with van der Waals surface area (Å²) in [4.78, 5) is 49.2. The van der Waals surface area contributed by atoms with Gasteiger partial charge in [-0.05, 0) is 24.8 Å². The third-order valence-corrected chi connectivity index (χ3v) is 6.04. The molecule has 4 rings (SSSR count). The summed E-state index contributed by atoms with van der Waals surface area (Å²) < 4.78 is 4.92. The second-order valence-corrected chi connectivity index (χ2v) is 8.14. The molecule has 2 aliphatic heterocycles. The smallest absolute Gasteiger partial charge is 0.256 e. The summed E-state index contributed by atoms with van der Waals surface area (Å²) in [5.74, 6) is 0.468. The number of likely N-dealkylation sites (tertiary alicyclic amines) is 1. The van der Waals surface area contributed by atoms with Crippen molar-refractivity contribution < 1.29 is 14.3 Å². The van der Waals surface area contributed by atoms with Crippen molar-refractivity contribution >= 4 is 11.8 Å². The molecule has 0 spiro atoms. The summed E-state index contributed by atoms with van der Waals surface area (Å²) in [6, 6.07) is 9.47. The zero-order chi connectivity index (χ0) is 21.8. The number of H-pyrrole nitrogens is 1. The average Bonchev–Trinajstić information content (AvgIpc) is 2.79. The topological polar surface area (TPSA) is 95.6 Å². The van der Waals surface area contributed by atoms with Crippen LogP contribution in [0, 0.1) is 0 Å². The molecule has 1 N–H and O–H groups in total. The van der Waals surface area contributed by atoms with Gasteiger partial charge in [0.15, 0.2) is 0 Å². The van der Waals surface area contributed by atoms with Crippen molar-refractivity contribution in [1.82, 2.24) is 19.8 Å². The summed E-state index contributed by atoms with van der Waals surface area (Å²) in [5, 5.41) is 0. The molecule has 0 saturated carbocycles. The lowest BCUT2D eigenvalue weighted by Gasteiger charge is -2.36. The number of carbonyl (C=O) groups is 2. The maximum atomic E-state index is 13.1. The van der Waals surface area contributed by atoms with Crippen LogP contribution in [0.5, 0.6) is 0 Å². The highest BCUT2D eigenvalue weighted by Crippen LogP contribution is 2.30. The number of aromatic nitrogens is 2. The van der Waals surface area contributed by atoms with Gasteiger partial charge in [-0.25, -0.2) is 4.98 Å². The van der Waals surface area contributed by atoms with Gasteiger partial charge in [0.05, 0.1) is 30.3 Å². The number of benzene rings is 1. The van der Waals surface area contributed by atoms with Gasteiger partial charge >= 0.3 is 0 Å². The molecule has 2 amide bonds. The number of methoxy groups -OCH3 is 1. The summed E-state index contributed by atoms with van der Waals surface area (Å²) in [6.07, 6.45) is 3.57. The molecular weight excluding hydrogens is 396 g/mol. The molecule has 0 aliphatic carbocycles. The lowest BCUT2D eigenvalue weighted by atomic mass is 9.99. The van der Waals surface area contributed by atoms with Crippen LogP contribution >= 0.6 is 0 Å². The van der Waals surface area contributed by atoms with Gasteiger partial charge in [0.2, 0.25) is 11.8 Å². The van der Waals surface area contributed by atoms with E-state index in [2.05, 4.69) is 4.98 Å². The van der Waals surface area contributed by atoms with Gasteiger partial charge in [-0.1, -0.05) is 30.3 Å². The average molecular weight is 425 g/mol. The lowest BCUT2D eigenvalue weighted by Crippen LogP contribution is -2.43. The van der Waals surface area contributed by atoms with E-state index in [9.17, 15) is 14.4 Å². The van der Waals surface area contributed by atoms with Crippen LogP contribution in [0.2, 0.25) is 0 Å². The predicted molar refractivity (Wildman–Crippen MR) is 114 cm³/mol. The Labute approximate surface area is 181 Å². The molecule has 8 heteroatoms. The second-order valence-electron chi connectivity index (χ2n) is 8.14. The minimum Gasteiger partial charge on any atom is -0.375 e. The molecule has 0 radical (unpaired) electrons. The molecule has 1 atom stereocenters. The molecule has 1 unspecified atom stereocenters. The Morgan fingerprint density at radius 2 is 1.97 bits per heavy atom. The van der Waals surface area contributed by atoms with Crippen LogP contribution < -0.4 is 5.56 Å². The van der Waals surface area contributed by atoms with E-state index in [1.54, 1.807) is 4.90 Å². The largest absolute Gasteiger partial charge is 0.375 e. The number of ether oxygens (including phenoxy) is 1. The fourth-order valence-corrected chi connectivity index (χ4v) is 4.42. The first kappa shape index (κ1) is 21.2. The van der Waals surface area contributed by atoms with E-state index in [0.717, 1.165) is 30.5 Å². The highest BCUT2D eigenvalue weighted by molar-refractivity contribution is 5.79. The van der Waals surface area contributed by atoms with Crippen molar-refractivity contribution in [3.05, 3.63) is 63.3 Å². The van der Waals surface area contributed by atoms with Crippen LogP contribution in [0.25, 0.3) is 0 Å². The third kappa shape index (κ3) is 4.69. The maximum Gasteiger partial charge on any atom is 0.256 e. The van der Waals surface area contributed by atoms with Crippen molar-refractivity contribution in [2.24, 2.45) is 0 Å². The van der Waals surface area contributed by atoms with Crippen molar-refractivity contribution in [2.45, 2.75) is 44.7 Å². The van der Waals surface area contributed by atoms with E-state index in [1.165, 1.54) is 7.11 Å². The van der Waals surface area contributed by atoms with Crippen LogP contribution in [0.1, 0.15) is 47.9 Å². The first-order chi connectivity index (χ1) is 15.1. The number of carbonyl (C=O) groups excluding carboxylic acids is 2. The second kappa shape index (κ2) is 9.43. The standard InChI is InChI=1S/C23H28N4O4/c1-31-15-21(29)26-12-10-18-17(14-26)23(30)25-22(24-18)19-9-5-6-11-27(19)20(28)13-16-7-3-2-4-8-16/h2-4,7-8,19H,5-6,9-15H2,1H3,(H,24,25,30). The van der Waals surface area contributed by atoms with Gasteiger partial charge in [0.1, 0.15) is 12.4 Å². The van der Waals surface area contributed by atoms with Crippen LogP contribution in [0.15, 0.2) is 35.1 Å². The Hall–Kier alpha value is -3.00. The van der Waals surface area contributed by atoms with Gasteiger partial charge < -0.3 is 19.5 Å². The predicted octanol–water partition coefficient (Wildman–Crippen LogP) is 1.60. The minimum absolute atomic E-state index is 0.000684. The minimum atomic E-state index is -0.226. The number of amides is 2. The first-order valence-electron chi connectivity index (χ1n) is 10.8. The van der Waals surface area contributed by atoms with E-state index < -0.39 is 0 Å². The van der Waals surface area contributed by atoms with Crippen LogP contribution in [0.4, 0.5) is 0 Å². The molecule has 1 aromatic carbocycles. The molecule has 2 aliphatic rings. The molecule has 0 bridgehead atoms. The van der Waals surface area contributed by atoms with E-state index in [0.29, 0.717) is 37.3 Å². The molecule has 31 heavy (non-hydrogen) atoms. The number of aromatic amines is 1. The Kier molecular flexibility index (Phi) is 6.46. The molecule has 164 valence electrons. The van der Waals surface area contributed by atoms with Crippen LogP contribution in [0.3, 0.4) is 0 Å². The number of nitrogens with zero attached hydrogens (tertiary/aromatic N) is 3. The van der Waals surface area contributed by atoms with Gasteiger partial charge in [0.25, 0.3) is 5.56 Å². The van der Waals surface area contributed by atoms with Crippen LogP contribution in [-0.2, 0) is 33.7 Å². The van der Waals surface area contributed by atoms with Crippen molar-refractivity contribution in [3.63, 3.8) is 0 Å². The molecule has 1 fully saturated rings. The quantitative estimate of drug-likeness (QED) is 0.787. The molecule has 8 nitrogen and oxygen atoms in total. The highest BCUT2D eigenvalue weighted by Gasteiger charge is 2.32. The van der Waals surface area contributed by atoms with Gasteiger partial charge in [-0.15, -0.1) is 0 Å². The van der Waals surface area contributed by atoms with Gasteiger partial charge in [-0.3, -0.25) is 14.4 Å². The number of piperidine rings is 1. The fraction of sp³-hybridized carbons (Fsp3) is 0.478. The Bertz CT molecular complexity index is 1000. The molecule has 1 saturated heterocycles. The van der Waals surface area contributed by atoms with Crippen LogP contribution in [-0.4, -0.2) is 58.4 Å².